The van der Waals surface area contributed by atoms with Crippen LogP contribution in [0.1, 0.15) is 46.1 Å². The van der Waals surface area contributed by atoms with Gasteiger partial charge in [0.1, 0.15) is 12.6 Å². The second-order valence-electron chi connectivity index (χ2n) is 7.42. The number of ether oxygens (including phenoxy) is 3. The van der Waals surface area contributed by atoms with Crippen LogP contribution in [0, 0.1) is 5.92 Å². The molecule has 9 nitrogen and oxygen atoms in total. The van der Waals surface area contributed by atoms with Gasteiger partial charge in [0.25, 0.3) is 0 Å². The minimum Gasteiger partial charge on any atom is -0.445 e. The highest BCUT2D eigenvalue weighted by Gasteiger charge is 2.28. The minimum absolute atomic E-state index is 0.0324. The molecule has 1 rings (SSSR count). The van der Waals surface area contributed by atoms with E-state index < -0.39 is 18.0 Å². The molecular formula is C22H35N3O6. The van der Waals surface area contributed by atoms with E-state index in [1.54, 1.807) is 38.1 Å². The number of amides is 3. The molecule has 0 aliphatic carbocycles. The highest BCUT2D eigenvalue weighted by molar-refractivity contribution is 5.90. The Morgan fingerprint density at radius 3 is 2.26 bits per heavy atom. The number of rotatable bonds is 13. The molecular weight excluding hydrogens is 402 g/mol. The van der Waals surface area contributed by atoms with Crippen LogP contribution in [0.3, 0.4) is 0 Å². The third kappa shape index (κ3) is 9.35. The molecule has 3 amide bonds. The maximum absolute atomic E-state index is 12.2. The molecule has 0 spiro atoms. The van der Waals surface area contributed by atoms with Crippen LogP contribution in [0.4, 0.5) is 10.5 Å². The SMILES string of the molecule is CCO[C@H](CC)OCCC(=O)Nc1ccc(COC(=O)N(C)C(C(N)=O)C(C)C)cc1. The Morgan fingerprint density at radius 2 is 1.74 bits per heavy atom. The first-order valence-corrected chi connectivity index (χ1v) is 10.5. The van der Waals surface area contributed by atoms with Crippen molar-refractivity contribution in [2.75, 3.05) is 25.6 Å². The molecule has 1 aromatic carbocycles. The number of hydrogen-bond acceptors (Lipinski definition) is 6. The van der Waals surface area contributed by atoms with Crippen LogP contribution in [-0.4, -0.2) is 55.4 Å². The lowest BCUT2D eigenvalue weighted by Gasteiger charge is -2.27. The summed E-state index contributed by atoms with van der Waals surface area (Å²) in [5.41, 5.74) is 6.74. The molecule has 1 unspecified atom stereocenters. The molecule has 0 aromatic heterocycles. The summed E-state index contributed by atoms with van der Waals surface area (Å²) in [7, 11) is 1.48. The van der Waals surface area contributed by atoms with E-state index in [1.165, 1.54) is 11.9 Å². The maximum atomic E-state index is 12.2. The summed E-state index contributed by atoms with van der Waals surface area (Å²) in [5.74, 6) is -0.878. The van der Waals surface area contributed by atoms with Crippen LogP contribution in [0.5, 0.6) is 0 Å². The Bertz CT molecular complexity index is 708. The number of hydrogen-bond donors (Lipinski definition) is 2. The van der Waals surface area contributed by atoms with Crippen molar-refractivity contribution >= 4 is 23.6 Å². The molecule has 9 heteroatoms. The molecule has 0 aliphatic rings. The van der Waals surface area contributed by atoms with Gasteiger partial charge in [-0.1, -0.05) is 32.9 Å². The third-order valence-corrected chi connectivity index (χ3v) is 4.55. The fraction of sp³-hybridized carbons (Fsp3) is 0.591. The quantitative estimate of drug-likeness (QED) is 0.458. The van der Waals surface area contributed by atoms with Crippen LogP contribution >= 0.6 is 0 Å². The lowest BCUT2D eigenvalue weighted by atomic mass is 10.0. The summed E-state index contributed by atoms with van der Waals surface area (Å²) >= 11 is 0. The van der Waals surface area contributed by atoms with Gasteiger partial charge in [-0.3, -0.25) is 14.5 Å². The van der Waals surface area contributed by atoms with E-state index in [1.807, 2.05) is 13.8 Å². The van der Waals surface area contributed by atoms with E-state index >= 15 is 0 Å². The average Bonchev–Trinajstić information content (AvgIpc) is 2.71. The van der Waals surface area contributed by atoms with Crippen LogP contribution in [-0.2, 0) is 30.4 Å². The number of nitrogens with zero attached hydrogens (tertiary/aromatic N) is 1. The van der Waals surface area contributed by atoms with Gasteiger partial charge < -0.3 is 25.3 Å². The molecule has 3 N–H and O–H groups in total. The Kier molecular flexibility index (Phi) is 11.6. The number of nitrogens with two attached hydrogens (primary N) is 1. The number of carbonyl (C=O) groups excluding carboxylic acids is 3. The van der Waals surface area contributed by atoms with Gasteiger partial charge in [-0.05, 0) is 37.0 Å². The van der Waals surface area contributed by atoms with Crippen molar-refractivity contribution in [3.05, 3.63) is 29.8 Å². The topological polar surface area (TPSA) is 120 Å². The second-order valence-corrected chi connectivity index (χ2v) is 7.42. The predicted molar refractivity (Wildman–Crippen MR) is 117 cm³/mol. The zero-order valence-electron chi connectivity index (χ0n) is 19.1. The van der Waals surface area contributed by atoms with Crippen molar-refractivity contribution in [3.8, 4) is 0 Å². The summed E-state index contributed by atoms with van der Waals surface area (Å²) in [6.07, 6.45) is 0.00864. The summed E-state index contributed by atoms with van der Waals surface area (Å²) in [5, 5.41) is 2.79. The van der Waals surface area contributed by atoms with E-state index in [-0.39, 0.29) is 37.7 Å². The molecule has 0 fully saturated rings. The molecule has 0 heterocycles. The number of carbonyl (C=O) groups is 3. The first-order chi connectivity index (χ1) is 14.7. The number of likely N-dealkylation sites (N-methyl/N-ethyl adjacent to an activating group) is 1. The van der Waals surface area contributed by atoms with Gasteiger partial charge in [0.05, 0.1) is 13.0 Å². The van der Waals surface area contributed by atoms with Crippen molar-refractivity contribution in [2.24, 2.45) is 11.7 Å². The van der Waals surface area contributed by atoms with E-state index in [2.05, 4.69) is 5.32 Å². The molecule has 0 saturated heterocycles. The molecule has 0 aliphatic heterocycles. The van der Waals surface area contributed by atoms with Gasteiger partial charge >= 0.3 is 6.09 Å². The second kappa shape index (κ2) is 13.6. The highest BCUT2D eigenvalue weighted by Crippen LogP contribution is 2.14. The minimum atomic E-state index is -0.741. The zero-order valence-corrected chi connectivity index (χ0v) is 19.1. The molecule has 1 aromatic rings. The smallest absolute Gasteiger partial charge is 0.410 e. The molecule has 0 saturated carbocycles. The largest absolute Gasteiger partial charge is 0.445 e. The molecule has 0 bridgehead atoms. The lowest BCUT2D eigenvalue weighted by Crippen LogP contribution is -2.48. The summed E-state index contributed by atoms with van der Waals surface area (Å²) in [6, 6.07) is 6.20. The number of benzene rings is 1. The van der Waals surface area contributed by atoms with Crippen LogP contribution in [0.2, 0.25) is 0 Å². The van der Waals surface area contributed by atoms with Gasteiger partial charge in [-0.15, -0.1) is 0 Å². The van der Waals surface area contributed by atoms with Gasteiger partial charge in [0.15, 0.2) is 6.29 Å². The van der Waals surface area contributed by atoms with Gasteiger partial charge in [-0.25, -0.2) is 4.79 Å². The van der Waals surface area contributed by atoms with Gasteiger partial charge in [0.2, 0.25) is 11.8 Å². The van der Waals surface area contributed by atoms with Crippen molar-refractivity contribution in [1.82, 2.24) is 4.90 Å². The first-order valence-electron chi connectivity index (χ1n) is 10.5. The van der Waals surface area contributed by atoms with Gasteiger partial charge in [-0.2, -0.15) is 0 Å². The number of nitrogens with one attached hydrogen (secondary N) is 1. The molecule has 0 radical (unpaired) electrons. The summed E-state index contributed by atoms with van der Waals surface area (Å²) in [4.78, 5) is 37.0. The Morgan fingerprint density at radius 1 is 1.10 bits per heavy atom. The molecule has 174 valence electrons. The van der Waals surface area contributed by atoms with Crippen molar-refractivity contribution in [2.45, 2.75) is 59.5 Å². The number of anilines is 1. The van der Waals surface area contributed by atoms with Crippen molar-refractivity contribution < 1.29 is 28.6 Å². The third-order valence-electron chi connectivity index (χ3n) is 4.55. The van der Waals surface area contributed by atoms with Crippen molar-refractivity contribution in [3.63, 3.8) is 0 Å². The van der Waals surface area contributed by atoms with E-state index in [0.29, 0.717) is 12.3 Å². The zero-order chi connectivity index (χ0) is 23.4. The van der Waals surface area contributed by atoms with E-state index in [4.69, 9.17) is 19.9 Å². The fourth-order valence-corrected chi connectivity index (χ4v) is 2.99. The molecule has 31 heavy (non-hydrogen) atoms. The van der Waals surface area contributed by atoms with E-state index in [9.17, 15) is 14.4 Å². The van der Waals surface area contributed by atoms with Gasteiger partial charge in [0, 0.05) is 19.3 Å². The summed E-state index contributed by atoms with van der Waals surface area (Å²) < 4.78 is 16.2. The standard InChI is InChI=1S/C22H35N3O6/c1-6-19(29-7-2)30-13-12-18(26)24-17-10-8-16(9-11-17)14-31-22(28)25(5)20(15(3)4)21(23)27/h8-11,15,19-20H,6-7,12-14H2,1-5H3,(H2,23,27)(H,24,26)/t19-,20?/m0/s1. The van der Waals surface area contributed by atoms with Crippen LogP contribution in [0.15, 0.2) is 24.3 Å². The normalized spacial score (nSPS) is 12.8. The summed E-state index contributed by atoms with van der Waals surface area (Å²) in [6.45, 7) is 8.33. The predicted octanol–water partition coefficient (Wildman–Crippen LogP) is 2.88. The Hall–Kier alpha value is -2.65. The average molecular weight is 438 g/mol. The van der Waals surface area contributed by atoms with Crippen LogP contribution in [0.25, 0.3) is 0 Å². The Labute approximate surface area is 184 Å². The first kappa shape index (κ1) is 26.4. The van der Waals surface area contributed by atoms with Crippen molar-refractivity contribution in [1.29, 1.82) is 0 Å². The highest BCUT2D eigenvalue weighted by atomic mass is 16.7. The number of primary amides is 1. The Balaban J connectivity index is 2.47. The monoisotopic (exact) mass is 437 g/mol. The molecule has 2 atom stereocenters. The maximum Gasteiger partial charge on any atom is 0.410 e. The van der Waals surface area contributed by atoms with E-state index in [0.717, 1.165) is 12.0 Å². The van der Waals surface area contributed by atoms with Crippen LogP contribution < -0.4 is 11.1 Å². The fourth-order valence-electron chi connectivity index (χ4n) is 2.99. The lowest BCUT2D eigenvalue weighted by molar-refractivity contribution is -0.144.